The molecule has 6 heteroatoms. The molecule has 1 N–H and O–H groups in total. The van der Waals surface area contributed by atoms with Crippen LogP contribution in [0.1, 0.15) is 42.3 Å². The number of aromatic nitrogens is 2. The summed E-state index contributed by atoms with van der Waals surface area (Å²) < 4.78 is 3.56. The molecule has 5 rings (SSSR count). The third kappa shape index (κ3) is 3.13. The van der Waals surface area contributed by atoms with Crippen molar-refractivity contribution in [3.05, 3.63) is 71.5 Å². The molecule has 166 valence electrons. The topological polar surface area (TPSA) is 73.1 Å². The second kappa shape index (κ2) is 7.04. The number of rotatable bonds is 2. The van der Waals surface area contributed by atoms with Crippen molar-refractivity contribution in [2.24, 2.45) is 12.5 Å². The second-order valence-electron chi connectivity index (χ2n) is 9.69. The monoisotopic (exact) mass is 439 g/mol. The highest BCUT2D eigenvalue weighted by molar-refractivity contribution is 6.50. The van der Waals surface area contributed by atoms with Gasteiger partial charge in [-0.1, -0.05) is 51.1 Å². The first kappa shape index (κ1) is 20.9. The normalized spacial score (nSPS) is 14.6. The Kier molecular flexibility index (Phi) is 4.47. The van der Waals surface area contributed by atoms with E-state index in [0.717, 1.165) is 27.4 Å². The van der Waals surface area contributed by atoms with Crippen LogP contribution in [0.4, 0.5) is 0 Å². The van der Waals surface area contributed by atoms with Gasteiger partial charge in [0.15, 0.2) is 0 Å². The van der Waals surface area contributed by atoms with E-state index in [4.69, 9.17) is 0 Å². The maximum atomic E-state index is 13.3. The number of benzene rings is 2. The number of nitrogens with one attached hydrogen (secondary N) is 1. The van der Waals surface area contributed by atoms with Gasteiger partial charge in [0.1, 0.15) is 0 Å². The van der Waals surface area contributed by atoms with Crippen molar-refractivity contribution in [3.63, 3.8) is 0 Å². The zero-order chi connectivity index (χ0) is 23.7. The lowest BCUT2D eigenvalue weighted by molar-refractivity contribution is -0.122. The maximum absolute atomic E-state index is 13.3. The van der Waals surface area contributed by atoms with Gasteiger partial charge in [-0.3, -0.25) is 24.3 Å². The van der Waals surface area contributed by atoms with Crippen LogP contribution in [0.15, 0.2) is 54.9 Å². The van der Waals surface area contributed by atoms with Crippen LogP contribution in [0.5, 0.6) is 0 Å². The predicted molar refractivity (Wildman–Crippen MR) is 130 cm³/mol. The molecule has 0 saturated carbocycles. The average Bonchev–Trinajstić information content (AvgIpc) is 3.37. The summed E-state index contributed by atoms with van der Waals surface area (Å²) in [5.74, 6) is -0.964. The Balaban J connectivity index is 1.86. The zero-order valence-corrected chi connectivity index (χ0v) is 19.3. The highest BCUT2D eigenvalue weighted by Gasteiger charge is 2.36. The summed E-state index contributed by atoms with van der Waals surface area (Å²) in [5.41, 5.74) is 3.98. The molecule has 6 nitrogen and oxygen atoms in total. The molecule has 0 saturated heterocycles. The van der Waals surface area contributed by atoms with Crippen LogP contribution in [-0.2, 0) is 16.6 Å². The third-order valence-corrected chi connectivity index (χ3v) is 6.19. The number of amides is 2. The average molecular weight is 440 g/mol. The summed E-state index contributed by atoms with van der Waals surface area (Å²) in [6.07, 6.45) is 3.58. The Bertz CT molecular complexity index is 1540. The van der Waals surface area contributed by atoms with E-state index in [1.54, 1.807) is 10.8 Å². The van der Waals surface area contributed by atoms with Crippen LogP contribution in [0.2, 0.25) is 0 Å². The van der Waals surface area contributed by atoms with E-state index in [-0.39, 0.29) is 5.91 Å². The predicted octanol–water partition coefficient (Wildman–Crippen LogP) is 4.69. The molecule has 1 aliphatic heterocycles. The quantitative estimate of drug-likeness (QED) is 0.461. The smallest absolute Gasteiger partial charge is 0.259 e. The Labute approximate surface area is 191 Å². The van der Waals surface area contributed by atoms with E-state index in [1.165, 1.54) is 0 Å². The molecule has 2 amide bonds. The van der Waals surface area contributed by atoms with Gasteiger partial charge in [-0.05, 0) is 24.6 Å². The van der Waals surface area contributed by atoms with Crippen molar-refractivity contribution in [2.45, 2.75) is 27.7 Å². The van der Waals surface area contributed by atoms with Gasteiger partial charge >= 0.3 is 0 Å². The van der Waals surface area contributed by atoms with Gasteiger partial charge in [-0.2, -0.15) is 0 Å². The Hall–Kier alpha value is -3.93. The summed E-state index contributed by atoms with van der Waals surface area (Å²) in [4.78, 5) is 39.4. The minimum Gasteiger partial charge on any atom is -0.350 e. The molecule has 0 unspecified atom stereocenters. The number of carbonyl (C=O) groups excluding carboxylic acids is 3. The molecule has 0 spiro atoms. The fraction of sp³-hybridized carbons (Fsp3) is 0.222. The summed E-state index contributed by atoms with van der Waals surface area (Å²) in [5, 5.41) is 4.13. The first-order chi connectivity index (χ1) is 15.6. The van der Waals surface area contributed by atoms with Gasteiger partial charge in [-0.15, -0.1) is 0 Å². The van der Waals surface area contributed by atoms with E-state index in [2.05, 4.69) is 5.32 Å². The Morgan fingerprint density at radius 2 is 1.45 bits per heavy atom. The molecule has 2 aromatic heterocycles. The summed E-state index contributed by atoms with van der Waals surface area (Å²) in [6.45, 7) is 7.56. The second-order valence-corrected chi connectivity index (χ2v) is 9.69. The van der Waals surface area contributed by atoms with Crippen LogP contribution in [0, 0.1) is 12.3 Å². The highest BCUT2D eigenvalue weighted by atomic mass is 16.2. The van der Waals surface area contributed by atoms with E-state index in [0.29, 0.717) is 22.3 Å². The van der Waals surface area contributed by atoms with Gasteiger partial charge in [0, 0.05) is 52.3 Å². The van der Waals surface area contributed by atoms with Crippen molar-refractivity contribution in [3.8, 4) is 0 Å². The summed E-state index contributed by atoms with van der Waals surface area (Å²) in [7, 11) is 1.91. The molecule has 0 atom stereocenters. The third-order valence-electron chi connectivity index (χ3n) is 6.19. The van der Waals surface area contributed by atoms with E-state index >= 15 is 0 Å². The molecule has 0 radical (unpaired) electrons. The number of nitrogens with zero attached hydrogens (tertiary/aromatic N) is 2. The van der Waals surface area contributed by atoms with Crippen molar-refractivity contribution in [2.75, 3.05) is 0 Å². The van der Waals surface area contributed by atoms with Crippen molar-refractivity contribution in [1.82, 2.24) is 14.5 Å². The fourth-order valence-electron chi connectivity index (χ4n) is 4.58. The van der Waals surface area contributed by atoms with Gasteiger partial charge in [0.25, 0.3) is 11.8 Å². The Morgan fingerprint density at radius 3 is 2.12 bits per heavy atom. The number of fused-ring (bicyclic) bond motifs is 2. The lowest BCUT2D eigenvalue weighted by Gasteiger charge is -2.17. The molecule has 1 aliphatic rings. The van der Waals surface area contributed by atoms with Gasteiger partial charge in [-0.25, -0.2) is 0 Å². The number of hydrogen-bond donors (Lipinski definition) is 1. The van der Waals surface area contributed by atoms with Gasteiger partial charge < -0.3 is 4.57 Å². The molecule has 0 bridgehead atoms. The summed E-state index contributed by atoms with van der Waals surface area (Å²) >= 11 is 0. The fourth-order valence-corrected chi connectivity index (χ4v) is 4.58. The Morgan fingerprint density at radius 1 is 0.848 bits per heavy atom. The zero-order valence-electron chi connectivity index (χ0n) is 19.3. The number of aryl methyl sites for hydroxylation is 2. The molecular formula is C27H25N3O3. The van der Waals surface area contributed by atoms with Crippen LogP contribution >= 0.6 is 0 Å². The first-order valence-corrected chi connectivity index (χ1v) is 10.9. The molecule has 3 heterocycles. The lowest BCUT2D eigenvalue weighted by Crippen LogP contribution is -2.26. The van der Waals surface area contributed by atoms with Crippen molar-refractivity contribution in [1.29, 1.82) is 0 Å². The van der Waals surface area contributed by atoms with E-state index < -0.39 is 17.2 Å². The molecule has 2 aromatic carbocycles. The maximum Gasteiger partial charge on any atom is 0.259 e. The molecule has 4 aromatic rings. The molecule has 33 heavy (non-hydrogen) atoms. The molecule has 0 fully saturated rings. The minimum absolute atomic E-state index is 0.0820. The van der Waals surface area contributed by atoms with Gasteiger partial charge in [0.05, 0.1) is 16.7 Å². The van der Waals surface area contributed by atoms with Crippen LogP contribution in [-0.4, -0.2) is 26.9 Å². The summed E-state index contributed by atoms with van der Waals surface area (Å²) in [6, 6.07) is 13.6. The van der Waals surface area contributed by atoms with Crippen molar-refractivity contribution < 1.29 is 14.4 Å². The van der Waals surface area contributed by atoms with E-state index in [1.807, 2.05) is 88.0 Å². The number of para-hydroxylation sites is 1. The molecule has 0 aliphatic carbocycles. The van der Waals surface area contributed by atoms with Crippen LogP contribution in [0.25, 0.3) is 33.0 Å². The van der Waals surface area contributed by atoms with Crippen LogP contribution in [0.3, 0.4) is 0 Å². The highest BCUT2D eigenvalue weighted by Crippen LogP contribution is 2.39. The molecular weight excluding hydrogens is 414 g/mol. The van der Waals surface area contributed by atoms with Crippen molar-refractivity contribution >= 4 is 50.7 Å². The SMILES string of the molecule is Cc1ccc2c(C3=C(c4cn(C)c5ccccc45)C(=O)NC3=O)cn(C(=O)C(C)(C)C)c2c1. The lowest BCUT2D eigenvalue weighted by atomic mass is 9.95. The minimum atomic E-state index is -0.617. The number of hydrogen-bond acceptors (Lipinski definition) is 3. The standard InChI is InChI=1S/C27H25N3O3/c1-15-10-11-17-19(14-30(21(17)12-15)26(33)27(2,3)4)23-22(24(31)28-25(23)32)18-13-29(5)20-9-7-6-8-16(18)20/h6-14H,1-5H3,(H,28,31,32). The number of carbonyl (C=O) groups is 3. The van der Waals surface area contributed by atoms with Crippen LogP contribution < -0.4 is 5.32 Å². The van der Waals surface area contributed by atoms with Gasteiger partial charge in [0.2, 0.25) is 5.91 Å². The number of imide groups is 1. The first-order valence-electron chi connectivity index (χ1n) is 10.9. The largest absolute Gasteiger partial charge is 0.350 e. The van der Waals surface area contributed by atoms with E-state index in [9.17, 15) is 14.4 Å².